The maximum atomic E-state index is 12.6. The molecule has 0 fully saturated rings. The van der Waals surface area contributed by atoms with E-state index in [1.54, 1.807) is 0 Å². The highest BCUT2D eigenvalue weighted by Crippen LogP contribution is 1.87. The number of ether oxygens (including phenoxy) is 4. The second kappa shape index (κ2) is 14.2. The van der Waals surface area contributed by atoms with E-state index < -0.39 is 36.3 Å². The van der Waals surface area contributed by atoms with Gasteiger partial charge in [0.2, 0.25) is 0 Å². The summed E-state index contributed by atoms with van der Waals surface area (Å²) in [5.74, 6) is 0. The molecule has 0 radical (unpaired) electrons. The summed E-state index contributed by atoms with van der Waals surface area (Å²) in [4.78, 5) is 37.8. The minimum Gasteiger partial charge on any atom is -0.394 e. The van der Waals surface area contributed by atoms with Gasteiger partial charge in [-0.2, -0.15) is 0 Å². The van der Waals surface area contributed by atoms with Crippen molar-refractivity contribution in [1.29, 1.82) is 0 Å². The molecule has 0 aliphatic heterocycles. The molecular weight excluding hydrogens is 390 g/mol. The van der Waals surface area contributed by atoms with Gasteiger partial charge in [-0.3, -0.25) is 0 Å². The minimum atomic E-state index is -1.32. The van der Waals surface area contributed by atoms with Crippen LogP contribution in [0.4, 0.5) is 0 Å². The number of hydrogen-bond acceptors (Lipinski definition) is 9. The molecule has 12 heteroatoms. The molecule has 1 unspecified atom stereocenters. The van der Waals surface area contributed by atoms with Crippen LogP contribution in [0.15, 0.2) is 14.4 Å². The zero-order valence-electron chi connectivity index (χ0n) is 16.9. The first kappa shape index (κ1) is 25.2. The summed E-state index contributed by atoms with van der Waals surface area (Å²) in [7, 11) is 1.52. The Labute approximate surface area is 167 Å². The van der Waals surface area contributed by atoms with E-state index in [0.717, 1.165) is 13.7 Å². The van der Waals surface area contributed by atoms with E-state index in [1.807, 2.05) is 6.92 Å². The lowest BCUT2D eigenvalue weighted by Gasteiger charge is -2.15. The third-order valence-electron chi connectivity index (χ3n) is 3.92. The molecule has 0 saturated carbocycles. The van der Waals surface area contributed by atoms with Crippen molar-refractivity contribution in [3.05, 3.63) is 31.5 Å². The first-order valence-electron chi connectivity index (χ1n) is 9.43. The van der Waals surface area contributed by atoms with Crippen molar-refractivity contribution in [2.75, 3.05) is 60.0 Å². The molecular formula is C17H31N3O9. The number of nitrogens with zero attached hydrogens (tertiary/aromatic N) is 3. The Morgan fingerprint density at radius 2 is 1.28 bits per heavy atom. The lowest BCUT2D eigenvalue weighted by Crippen LogP contribution is -2.56. The number of aromatic nitrogens is 3. The fourth-order valence-corrected chi connectivity index (χ4v) is 2.41. The molecule has 168 valence electrons. The van der Waals surface area contributed by atoms with Crippen LogP contribution in [0.1, 0.15) is 6.92 Å². The highest BCUT2D eigenvalue weighted by molar-refractivity contribution is 4.80. The smallest absolute Gasteiger partial charge is 0.336 e. The zero-order chi connectivity index (χ0) is 21.6. The van der Waals surface area contributed by atoms with Crippen molar-refractivity contribution < 1.29 is 29.2 Å². The Morgan fingerprint density at radius 1 is 0.793 bits per heavy atom. The largest absolute Gasteiger partial charge is 0.394 e. The molecule has 0 saturated heterocycles. The van der Waals surface area contributed by atoms with Crippen molar-refractivity contribution in [1.82, 2.24) is 13.7 Å². The van der Waals surface area contributed by atoms with E-state index in [9.17, 15) is 19.5 Å². The highest BCUT2D eigenvalue weighted by Gasteiger charge is 2.17. The molecule has 29 heavy (non-hydrogen) atoms. The van der Waals surface area contributed by atoms with Gasteiger partial charge in [-0.05, 0) is 6.92 Å². The van der Waals surface area contributed by atoms with Crippen molar-refractivity contribution >= 4 is 0 Å². The number of rotatable bonds is 16. The molecule has 0 aromatic carbocycles. The quantitative estimate of drug-likeness (QED) is 0.271. The van der Waals surface area contributed by atoms with E-state index in [2.05, 4.69) is 0 Å². The lowest BCUT2D eigenvalue weighted by atomic mass is 10.4. The molecule has 1 heterocycles. The molecule has 1 atom stereocenters. The van der Waals surface area contributed by atoms with Gasteiger partial charge in [0.15, 0.2) is 0 Å². The second-order valence-electron chi connectivity index (χ2n) is 6.01. The minimum absolute atomic E-state index is 0.0596. The molecule has 0 amide bonds. The fourth-order valence-electron chi connectivity index (χ4n) is 2.41. The van der Waals surface area contributed by atoms with Gasteiger partial charge in [0.25, 0.3) is 0 Å². The number of methoxy groups -OCH3 is 1. The summed E-state index contributed by atoms with van der Waals surface area (Å²) < 4.78 is 23.1. The average molecular weight is 421 g/mol. The molecule has 1 aromatic heterocycles. The molecule has 12 nitrogen and oxygen atoms in total. The summed E-state index contributed by atoms with van der Waals surface area (Å²) in [6.07, 6.45) is -1.32. The maximum absolute atomic E-state index is 12.6. The Hall–Kier alpha value is -1.83. The average Bonchev–Trinajstić information content (AvgIpc) is 2.71. The van der Waals surface area contributed by atoms with E-state index >= 15 is 0 Å². The lowest BCUT2D eigenvalue weighted by molar-refractivity contribution is 0.0477. The van der Waals surface area contributed by atoms with Gasteiger partial charge in [0.1, 0.15) is 0 Å². The number of aliphatic hydroxyl groups excluding tert-OH is 2. The van der Waals surface area contributed by atoms with Crippen LogP contribution in [0.5, 0.6) is 0 Å². The van der Waals surface area contributed by atoms with E-state index in [1.165, 1.54) is 7.11 Å². The topological polar surface area (TPSA) is 143 Å². The van der Waals surface area contributed by atoms with E-state index in [4.69, 9.17) is 24.1 Å². The predicted octanol–water partition coefficient (Wildman–Crippen LogP) is -2.76. The van der Waals surface area contributed by atoms with E-state index in [-0.39, 0.29) is 32.9 Å². The fraction of sp³-hybridized carbons (Fsp3) is 0.824. The van der Waals surface area contributed by atoms with Crippen LogP contribution in [-0.4, -0.2) is 90.0 Å². The van der Waals surface area contributed by atoms with Crippen LogP contribution < -0.4 is 17.1 Å². The second-order valence-corrected chi connectivity index (χ2v) is 6.01. The molecule has 2 N–H and O–H groups in total. The third-order valence-corrected chi connectivity index (χ3v) is 3.92. The van der Waals surface area contributed by atoms with Gasteiger partial charge in [0, 0.05) is 13.7 Å². The summed E-state index contributed by atoms with van der Waals surface area (Å²) in [6.45, 7) is 2.63. The Balaban J connectivity index is 3.03. The Kier molecular flexibility index (Phi) is 12.3. The Bertz CT molecular complexity index is 756. The van der Waals surface area contributed by atoms with Crippen LogP contribution in [0.25, 0.3) is 0 Å². The van der Waals surface area contributed by atoms with Gasteiger partial charge in [0.05, 0.1) is 72.0 Å². The first-order valence-corrected chi connectivity index (χ1v) is 9.43. The van der Waals surface area contributed by atoms with Crippen LogP contribution in [0.2, 0.25) is 0 Å². The molecule has 0 bridgehead atoms. The number of hydrogen-bond donors (Lipinski definition) is 2. The van der Waals surface area contributed by atoms with Crippen molar-refractivity contribution in [2.24, 2.45) is 0 Å². The van der Waals surface area contributed by atoms with Gasteiger partial charge in [-0.25, -0.2) is 28.1 Å². The molecule has 0 aliphatic carbocycles. The van der Waals surface area contributed by atoms with Gasteiger partial charge >= 0.3 is 17.1 Å². The third kappa shape index (κ3) is 8.20. The van der Waals surface area contributed by atoms with Crippen LogP contribution in [0, 0.1) is 0 Å². The normalized spacial score (nSPS) is 12.4. The van der Waals surface area contributed by atoms with Gasteiger partial charge in [-0.1, -0.05) is 0 Å². The van der Waals surface area contributed by atoms with Crippen molar-refractivity contribution in [2.45, 2.75) is 32.7 Å². The summed E-state index contributed by atoms with van der Waals surface area (Å²) >= 11 is 0. The molecule has 0 spiro atoms. The number of aliphatic hydroxyl groups is 2. The Morgan fingerprint density at radius 3 is 1.76 bits per heavy atom. The van der Waals surface area contributed by atoms with Crippen LogP contribution >= 0.6 is 0 Å². The van der Waals surface area contributed by atoms with Crippen LogP contribution in [-0.2, 0) is 38.6 Å². The molecule has 0 aliphatic rings. The predicted molar refractivity (Wildman–Crippen MR) is 102 cm³/mol. The SMILES string of the molecule is CCOCCOCCn1c(=O)n(CCOCCOC)c(=O)n(CC(O)CO)c1=O. The monoisotopic (exact) mass is 421 g/mol. The van der Waals surface area contributed by atoms with Crippen molar-refractivity contribution in [3.8, 4) is 0 Å². The van der Waals surface area contributed by atoms with Crippen LogP contribution in [0.3, 0.4) is 0 Å². The maximum Gasteiger partial charge on any atom is 0.336 e. The van der Waals surface area contributed by atoms with E-state index in [0.29, 0.717) is 26.4 Å². The highest BCUT2D eigenvalue weighted by atomic mass is 16.5. The summed E-state index contributed by atoms with van der Waals surface area (Å²) in [5, 5.41) is 18.7. The zero-order valence-corrected chi connectivity index (χ0v) is 16.9. The first-order chi connectivity index (χ1) is 14.0. The van der Waals surface area contributed by atoms with Gasteiger partial charge < -0.3 is 29.2 Å². The molecule has 1 aromatic rings. The summed E-state index contributed by atoms with van der Waals surface area (Å²) in [6, 6.07) is 0. The molecule has 1 rings (SSSR count). The van der Waals surface area contributed by atoms with Crippen molar-refractivity contribution in [3.63, 3.8) is 0 Å². The van der Waals surface area contributed by atoms with Gasteiger partial charge in [-0.15, -0.1) is 0 Å². The standard InChI is InChI=1S/C17H31N3O9/c1-3-27-10-11-29-7-5-19-15(23)18(4-6-28-9-8-26-2)16(24)20(17(19)25)12-14(22)13-21/h14,21-22H,3-13H2,1-2H3. The summed E-state index contributed by atoms with van der Waals surface area (Å²) in [5.41, 5.74) is -2.55.